The van der Waals surface area contributed by atoms with Crippen molar-refractivity contribution >= 4 is 0 Å². The van der Waals surface area contributed by atoms with Crippen LogP contribution in [0, 0.1) is 6.92 Å². The Hall–Kier alpha value is -1.02. The summed E-state index contributed by atoms with van der Waals surface area (Å²) in [5, 5.41) is 9.20. The maximum Gasteiger partial charge on any atom is 0.127 e. The van der Waals surface area contributed by atoms with Crippen LogP contribution >= 0.6 is 0 Å². The average Bonchev–Trinajstić information content (AvgIpc) is 2.16. The Morgan fingerprint density at radius 3 is 2.43 bits per heavy atom. The first kappa shape index (κ1) is 11.1. The first-order chi connectivity index (χ1) is 6.60. The van der Waals surface area contributed by atoms with E-state index < -0.39 is 0 Å². The molecule has 1 aromatic carbocycles. The van der Waals surface area contributed by atoms with Crippen molar-refractivity contribution in [1.29, 1.82) is 0 Å². The first-order valence-corrected chi connectivity index (χ1v) is 4.88. The number of ether oxygens (including phenoxy) is 1. The van der Waals surface area contributed by atoms with E-state index in [1.165, 1.54) is 5.56 Å². The van der Waals surface area contributed by atoms with E-state index in [1.807, 2.05) is 13.0 Å². The quantitative estimate of drug-likeness (QED) is 0.801. The highest BCUT2D eigenvalue weighted by molar-refractivity contribution is 5.45. The summed E-state index contributed by atoms with van der Waals surface area (Å²) in [5.74, 6) is 1.24. The van der Waals surface area contributed by atoms with Crippen LogP contribution in [0.1, 0.15) is 36.5 Å². The van der Waals surface area contributed by atoms with Crippen LogP contribution in [-0.2, 0) is 6.61 Å². The predicted molar refractivity (Wildman–Crippen MR) is 57.7 cm³/mol. The van der Waals surface area contributed by atoms with Crippen LogP contribution in [0.25, 0.3) is 0 Å². The Kier molecular flexibility index (Phi) is 3.53. The van der Waals surface area contributed by atoms with Crippen LogP contribution in [0.5, 0.6) is 5.75 Å². The van der Waals surface area contributed by atoms with Crippen LogP contribution in [0.3, 0.4) is 0 Å². The third-order valence-electron chi connectivity index (χ3n) is 2.34. The number of aliphatic hydroxyl groups is 1. The molecule has 1 N–H and O–H groups in total. The third kappa shape index (κ3) is 2.07. The van der Waals surface area contributed by atoms with E-state index in [-0.39, 0.29) is 6.61 Å². The minimum absolute atomic E-state index is 0.0323. The van der Waals surface area contributed by atoms with Crippen molar-refractivity contribution in [2.45, 2.75) is 33.3 Å². The molecule has 0 bridgehead atoms. The molecule has 0 aliphatic carbocycles. The highest BCUT2D eigenvalue weighted by atomic mass is 16.5. The second-order valence-corrected chi connectivity index (χ2v) is 3.86. The lowest BCUT2D eigenvalue weighted by molar-refractivity contribution is 0.273. The molecule has 0 atom stereocenters. The van der Waals surface area contributed by atoms with Crippen molar-refractivity contribution in [3.63, 3.8) is 0 Å². The second kappa shape index (κ2) is 4.47. The molecule has 0 aromatic heterocycles. The van der Waals surface area contributed by atoms with E-state index in [1.54, 1.807) is 7.11 Å². The molecule has 0 unspecified atom stereocenters. The van der Waals surface area contributed by atoms with E-state index in [0.717, 1.165) is 16.9 Å². The Labute approximate surface area is 85.5 Å². The van der Waals surface area contributed by atoms with Crippen molar-refractivity contribution in [2.75, 3.05) is 7.11 Å². The first-order valence-electron chi connectivity index (χ1n) is 4.88. The molecule has 0 fully saturated rings. The van der Waals surface area contributed by atoms with Crippen molar-refractivity contribution in [2.24, 2.45) is 0 Å². The van der Waals surface area contributed by atoms with Gasteiger partial charge in [0.1, 0.15) is 5.75 Å². The van der Waals surface area contributed by atoms with Gasteiger partial charge in [0.25, 0.3) is 0 Å². The number of aliphatic hydroxyl groups excluding tert-OH is 1. The van der Waals surface area contributed by atoms with E-state index in [2.05, 4.69) is 19.9 Å². The van der Waals surface area contributed by atoms with Gasteiger partial charge in [-0.15, -0.1) is 0 Å². The van der Waals surface area contributed by atoms with Gasteiger partial charge < -0.3 is 9.84 Å². The number of benzene rings is 1. The number of rotatable bonds is 3. The lowest BCUT2D eigenvalue weighted by Crippen LogP contribution is -2.00. The highest BCUT2D eigenvalue weighted by Crippen LogP contribution is 2.31. The Morgan fingerprint density at radius 2 is 2.00 bits per heavy atom. The van der Waals surface area contributed by atoms with Crippen molar-refractivity contribution < 1.29 is 9.84 Å². The van der Waals surface area contributed by atoms with Gasteiger partial charge in [-0.25, -0.2) is 0 Å². The Bertz CT molecular complexity index is 316. The number of methoxy groups -OCH3 is 1. The molecule has 0 radical (unpaired) electrons. The molecule has 0 aliphatic rings. The van der Waals surface area contributed by atoms with E-state index >= 15 is 0 Å². The molecule has 1 aromatic rings. The smallest absolute Gasteiger partial charge is 0.127 e. The maximum absolute atomic E-state index is 9.20. The molecule has 0 amide bonds. The Morgan fingerprint density at radius 1 is 1.36 bits per heavy atom. The third-order valence-corrected chi connectivity index (χ3v) is 2.34. The molecule has 2 nitrogen and oxygen atoms in total. The molecule has 0 aliphatic heterocycles. The predicted octanol–water partition coefficient (Wildman–Crippen LogP) is 2.62. The lowest BCUT2D eigenvalue weighted by atomic mass is 9.97. The van der Waals surface area contributed by atoms with Gasteiger partial charge in [0.2, 0.25) is 0 Å². The fraction of sp³-hybridized carbons (Fsp3) is 0.500. The van der Waals surface area contributed by atoms with Crippen LogP contribution in [0.2, 0.25) is 0 Å². The van der Waals surface area contributed by atoms with Gasteiger partial charge in [-0.3, -0.25) is 0 Å². The molecule has 0 spiro atoms. The SMILES string of the molecule is COc1c(CO)cc(C)cc1C(C)C. The van der Waals surface area contributed by atoms with Gasteiger partial charge >= 0.3 is 0 Å². The van der Waals surface area contributed by atoms with Crippen LogP contribution < -0.4 is 4.74 Å². The zero-order chi connectivity index (χ0) is 10.7. The standard InChI is InChI=1S/C12H18O2/c1-8(2)11-6-9(3)5-10(7-13)12(11)14-4/h5-6,8,13H,7H2,1-4H3. The summed E-state index contributed by atoms with van der Waals surface area (Å²) < 4.78 is 5.32. The van der Waals surface area contributed by atoms with Crippen molar-refractivity contribution in [1.82, 2.24) is 0 Å². The van der Waals surface area contributed by atoms with Gasteiger partial charge in [0.15, 0.2) is 0 Å². The van der Waals surface area contributed by atoms with Crippen LogP contribution in [-0.4, -0.2) is 12.2 Å². The summed E-state index contributed by atoms with van der Waals surface area (Å²) in [7, 11) is 1.65. The van der Waals surface area contributed by atoms with Crippen LogP contribution in [0.4, 0.5) is 0 Å². The van der Waals surface area contributed by atoms with Gasteiger partial charge in [-0.1, -0.05) is 31.5 Å². The minimum Gasteiger partial charge on any atom is -0.496 e. The fourth-order valence-corrected chi connectivity index (χ4v) is 1.67. The number of aryl methyl sites for hydroxylation is 1. The average molecular weight is 194 g/mol. The van der Waals surface area contributed by atoms with Gasteiger partial charge in [0, 0.05) is 5.56 Å². The summed E-state index contributed by atoms with van der Waals surface area (Å²) in [6.07, 6.45) is 0. The molecule has 1 rings (SSSR count). The topological polar surface area (TPSA) is 29.5 Å². The number of hydrogen-bond acceptors (Lipinski definition) is 2. The van der Waals surface area contributed by atoms with Crippen molar-refractivity contribution in [3.05, 3.63) is 28.8 Å². The normalized spacial score (nSPS) is 10.7. The van der Waals surface area contributed by atoms with Crippen molar-refractivity contribution in [3.8, 4) is 5.75 Å². The zero-order valence-corrected chi connectivity index (χ0v) is 9.29. The molecule has 0 saturated heterocycles. The second-order valence-electron chi connectivity index (χ2n) is 3.86. The monoisotopic (exact) mass is 194 g/mol. The largest absolute Gasteiger partial charge is 0.496 e. The number of hydrogen-bond donors (Lipinski definition) is 1. The van der Waals surface area contributed by atoms with E-state index in [9.17, 15) is 5.11 Å². The maximum atomic E-state index is 9.20. The highest BCUT2D eigenvalue weighted by Gasteiger charge is 2.12. The minimum atomic E-state index is 0.0323. The van der Waals surface area contributed by atoms with E-state index in [4.69, 9.17) is 4.74 Å². The van der Waals surface area contributed by atoms with Gasteiger partial charge in [-0.05, 0) is 18.4 Å². The van der Waals surface area contributed by atoms with Gasteiger partial charge in [-0.2, -0.15) is 0 Å². The molecular formula is C12H18O2. The summed E-state index contributed by atoms with van der Waals surface area (Å²) in [5.41, 5.74) is 3.20. The Balaban J connectivity index is 3.31. The summed E-state index contributed by atoms with van der Waals surface area (Å²) >= 11 is 0. The zero-order valence-electron chi connectivity index (χ0n) is 9.29. The summed E-state index contributed by atoms with van der Waals surface area (Å²) in [6, 6.07) is 4.08. The van der Waals surface area contributed by atoms with E-state index in [0.29, 0.717) is 5.92 Å². The molecule has 2 heteroatoms. The van der Waals surface area contributed by atoms with Crippen LogP contribution in [0.15, 0.2) is 12.1 Å². The van der Waals surface area contributed by atoms with Gasteiger partial charge in [0.05, 0.1) is 13.7 Å². The lowest BCUT2D eigenvalue weighted by Gasteiger charge is -2.16. The molecule has 0 heterocycles. The summed E-state index contributed by atoms with van der Waals surface area (Å²) in [6.45, 7) is 6.31. The fourth-order valence-electron chi connectivity index (χ4n) is 1.67. The molecule has 14 heavy (non-hydrogen) atoms. The molecule has 0 saturated carbocycles. The molecular weight excluding hydrogens is 176 g/mol. The summed E-state index contributed by atoms with van der Waals surface area (Å²) in [4.78, 5) is 0. The molecule has 78 valence electrons.